The molecule has 2 unspecified atom stereocenters. The van der Waals surface area contributed by atoms with Crippen LogP contribution in [0.3, 0.4) is 0 Å². The number of allylic oxidation sites excluding steroid dienone is 1. The molecule has 0 saturated carbocycles. The highest BCUT2D eigenvalue weighted by Gasteiger charge is 2.60. The molecule has 2 aliphatic rings. The summed E-state index contributed by atoms with van der Waals surface area (Å²) in [5.74, 6) is -1.01. The van der Waals surface area contributed by atoms with E-state index < -0.39 is 23.1 Å². The number of hydrogen-bond acceptors (Lipinski definition) is 9. The Morgan fingerprint density at radius 1 is 1.24 bits per heavy atom. The summed E-state index contributed by atoms with van der Waals surface area (Å²) < 4.78 is 21.9. The van der Waals surface area contributed by atoms with Crippen molar-refractivity contribution in [2.75, 3.05) is 21.3 Å². The molecule has 0 saturated heterocycles. The van der Waals surface area contributed by atoms with Crippen LogP contribution in [0.1, 0.15) is 29.5 Å². The third-order valence-electron chi connectivity index (χ3n) is 6.65. The number of rotatable bonds is 6. The third kappa shape index (κ3) is 3.75. The monoisotopic (exact) mass is 525 g/mol. The number of aliphatic imine (C=N–C) groups is 1. The number of aromatic amines is 1. The molecule has 1 aromatic heterocycles. The number of hydrogen-bond donors (Lipinski definition) is 2. The number of ketones is 2. The van der Waals surface area contributed by atoms with Crippen LogP contribution in [0.2, 0.25) is 5.02 Å². The second-order valence-electron chi connectivity index (χ2n) is 8.83. The van der Waals surface area contributed by atoms with Crippen LogP contribution in [-0.2, 0) is 16.1 Å². The van der Waals surface area contributed by atoms with Crippen LogP contribution in [0.15, 0.2) is 40.6 Å². The number of fused-ring (bicyclic) bond motifs is 2. The van der Waals surface area contributed by atoms with Gasteiger partial charge in [0.05, 0.1) is 36.5 Å². The average molecular weight is 526 g/mol. The molecule has 1 aliphatic carbocycles. The molecular weight excluding hydrogens is 502 g/mol. The van der Waals surface area contributed by atoms with Crippen molar-refractivity contribution in [1.29, 1.82) is 0 Å². The summed E-state index contributed by atoms with van der Waals surface area (Å²) in [4.78, 5) is 38.7. The van der Waals surface area contributed by atoms with Crippen LogP contribution < -0.4 is 14.2 Å². The highest BCUT2D eigenvalue weighted by atomic mass is 35.5. The van der Waals surface area contributed by atoms with Crippen molar-refractivity contribution in [1.82, 2.24) is 9.97 Å². The third-order valence-corrected chi connectivity index (χ3v) is 7.01. The summed E-state index contributed by atoms with van der Waals surface area (Å²) in [5, 5.41) is 11.4. The standard InChI is InChI=1S/C26H24ClN3O7/c1-12-7-17(31)14(10-28-13-5-6-15-16(8-13)30-20(29-15)11-34-2)24(32)26(12)25(33)21-18(35-3)9-19(36-4)22(27)23(21)37-26/h5-6,8-10,12,32H,7,11H2,1-4H3,(H,29,30). The Labute approximate surface area is 216 Å². The number of nitrogens with zero attached hydrogens (tertiary/aromatic N) is 2. The molecule has 0 bridgehead atoms. The zero-order valence-corrected chi connectivity index (χ0v) is 21.3. The van der Waals surface area contributed by atoms with E-state index in [1.165, 1.54) is 26.5 Å². The minimum absolute atomic E-state index is 0.0310. The van der Waals surface area contributed by atoms with E-state index in [0.717, 1.165) is 11.0 Å². The van der Waals surface area contributed by atoms with Crippen molar-refractivity contribution in [3.05, 3.63) is 52.0 Å². The zero-order valence-electron chi connectivity index (χ0n) is 20.5. The predicted molar refractivity (Wildman–Crippen MR) is 136 cm³/mol. The Bertz CT molecular complexity index is 1510. The van der Waals surface area contributed by atoms with Crippen LogP contribution in [0.5, 0.6) is 17.2 Å². The van der Waals surface area contributed by atoms with Crippen molar-refractivity contribution < 1.29 is 33.6 Å². The van der Waals surface area contributed by atoms with Gasteiger partial charge in [-0.25, -0.2) is 4.98 Å². The van der Waals surface area contributed by atoms with Crippen LogP contribution in [0.4, 0.5) is 5.69 Å². The van der Waals surface area contributed by atoms with Gasteiger partial charge in [0.25, 0.3) is 0 Å². The van der Waals surface area contributed by atoms with Crippen molar-refractivity contribution in [3.8, 4) is 17.2 Å². The number of aromatic nitrogens is 2. The van der Waals surface area contributed by atoms with Crippen LogP contribution >= 0.6 is 11.6 Å². The lowest BCUT2D eigenvalue weighted by Gasteiger charge is -2.36. The summed E-state index contributed by atoms with van der Waals surface area (Å²) in [6.07, 6.45) is 1.19. The van der Waals surface area contributed by atoms with Crippen molar-refractivity contribution in [3.63, 3.8) is 0 Å². The number of aliphatic hydroxyl groups is 1. The SMILES string of the molecule is COCc1nc2ccc(N=CC3=C(O)C4(Oc5c(Cl)c(OC)cc(OC)c5C4=O)C(C)CC3=O)cc2[nH]1. The lowest BCUT2D eigenvalue weighted by Crippen LogP contribution is -2.52. The highest BCUT2D eigenvalue weighted by Crippen LogP contribution is 2.54. The van der Waals surface area contributed by atoms with Crippen molar-refractivity contribution >= 4 is 46.1 Å². The molecule has 5 rings (SSSR count). The molecule has 2 atom stereocenters. The number of nitrogens with one attached hydrogen (secondary N) is 1. The number of ether oxygens (including phenoxy) is 4. The van der Waals surface area contributed by atoms with Crippen molar-refractivity contribution in [2.24, 2.45) is 10.9 Å². The average Bonchev–Trinajstić information content (AvgIpc) is 3.42. The van der Waals surface area contributed by atoms with E-state index in [-0.39, 0.29) is 45.6 Å². The number of halogens is 1. The molecule has 1 spiro atoms. The van der Waals surface area contributed by atoms with Gasteiger partial charge < -0.3 is 29.0 Å². The predicted octanol–water partition coefficient (Wildman–Crippen LogP) is 4.52. The summed E-state index contributed by atoms with van der Waals surface area (Å²) >= 11 is 6.46. The molecular formula is C26H24ClN3O7. The number of imidazole rings is 1. The fourth-order valence-corrected chi connectivity index (χ4v) is 5.05. The van der Waals surface area contributed by atoms with Crippen molar-refractivity contribution in [2.45, 2.75) is 25.6 Å². The number of benzene rings is 2. The Morgan fingerprint density at radius 2 is 2.00 bits per heavy atom. The number of aliphatic hydroxyl groups excluding tert-OH is 1. The first-order valence-electron chi connectivity index (χ1n) is 11.4. The Hall–Kier alpha value is -3.89. The topological polar surface area (TPSA) is 132 Å². The number of Topliss-reactive ketones (excluding diaryl/α,β-unsaturated/α-hetero) is 2. The molecule has 0 fully saturated rings. The van der Waals surface area contributed by atoms with Crippen LogP contribution in [0, 0.1) is 5.92 Å². The number of carbonyl (C=O) groups excluding carboxylic acids is 2. The molecule has 11 heteroatoms. The van der Waals surface area contributed by atoms with Gasteiger partial charge in [-0.2, -0.15) is 0 Å². The first-order valence-corrected chi connectivity index (χ1v) is 11.8. The molecule has 2 heterocycles. The van der Waals surface area contributed by atoms with Gasteiger partial charge in [-0.15, -0.1) is 0 Å². The summed E-state index contributed by atoms with van der Waals surface area (Å²) in [7, 11) is 4.40. The van der Waals surface area contributed by atoms with Gasteiger partial charge in [-0.3, -0.25) is 14.6 Å². The first kappa shape index (κ1) is 24.8. The van der Waals surface area contributed by atoms with Gasteiger partial charge in [0, 0.05) is 31.7 Å². The summed E-state index contributed by atoms with van der Waals surface area (Å²) in [5.41, 5.74) is 0.0831. The Kier molecular flexibility index (Phi) is 6.17. The molecule has 1 aliphatic heterocycles. The Balaban J connectivity index is 1.57. The quantitative estimate of drug-likeness (QED) is 0.449. The van der Waals surface area contributed by atoms with Gasteiger partial charge in [-0.1, -0.05) is 18.5 Å². The molecule has 0 amide bonds. The van der Waals surface area contributed by atoms with Crippen LogP contribution in [0.25, 0.3) is 11.0 Å². The molecule has 2 aromatic carbocycles. The second kappa shape index (κ2) is 9.20. The maximum Gasteiger partial charge on any atom is 0.231 e. The van der Waals surface area contributed by atoms with E-state index in [1.807, 2.05) is 0 Å². The lowest BCUT2D eigenvalue weighted by atomic mass is 9.73. The van der Waals surface area contributed by atoms with E-state index >= 15 is 0 Å². The van der Waals surface area contributed by atoms with Gasteiger partial charge in [0.1, 0.15) is 34.5 Å². The van der Waals surface area contributed by atoms with Gasteiger partial charge in [-0.05, 0) is 18.2 Å². The number of methoxy groups -OCH3 is 3. The second-order valence-corrected chi connectivity index (χ2v) is 9.21. The lowest BCUT2D eigenvalue weighted by molar-refractivity contribution is -0.118. The van der Waals surface area contributed by atoms with E-state index in [4.69, 9.17) is 30.5 Å². The van der Waals surface area contributed by atoms with E-state index in [9.17, 15) is 14.7 Å². The first-order chi connectivity index (χ1) is 17.7. The number of carbonyl (C=O) groups is 2. The normalized spacial score (nSPS) is 21.3. The van der Waals surface area contributed by atoms with Gasteiger partial charge >= 0.3 is 0 Å². The summed E-state index contributed by atoms with van der Waals surface area (Å²) in [6, 6.07) is 6.74. The minimum Gasteiger partial charge on any atom is -0.507 e. The van der Waals surface area contributed by atoms with Crippen LogP contribution in [-0.4, -0.2) is 59.8 Å². The van der Waals surface area contributed by atoms with E-state index in [1.54, 1.807) is 32.2 Å². The summed E-state index contributed by atoms with van der Waals surface area (Å²) in [6.45, 7) is 1.99. The largest absolute Gasteiger partial charge is 0.507 e. The fraction of sp³-hybridized carbons (Fsp3) is 0.308. The number of H-pyrrole nitrogens is 1. The molecule has 10 nitrogen and oxygen atoms in total. The smallest absolute Gasteiger partial charge is 0.231 e. The maximum atomic E-state index is 13.8. The molecule has 192 valence electrons. The zero-order chi connectivity index (χ0) is 26.5. The van der Waals surface area contributed by atoms with Gasteiger partial charge in [0.2, 0.25) is 11.4 Å². The molecule has 0 radical (unpaired) electrons. The van der Waals surface area contributed by atoms with Gasteiger partial charge in [0.15, 0.2) is 17.3 Å². The fourth-order valence-electron chi connectivity index (χ4n) is 4.79. The maximum absolute atomic E-state index is 13.8. The Morgan fingerprint density at radius 3 is 2.70 bits per heavy atom. The minimum atomic E-state index is -1.86. The molecule has 3 aromatic rings. The van der Waals surface area contributed by atoms with E-state index in [2.05, 4.69) is 15.0 Å². The highest BCUT2D eigenvalue weighted by molar-refractivity contribution is 6.35. The molecule has 37 heavy (non-hydrogen) atoms. The molecule has 2 N–H and O–H groups in total. The van der Waals surface area contributed by atoms with E-state index in [0.29, 0.717) is 18.1 Å².